The SMILES string of the molecule is CNCCC1CCCCN1C(=O)c1ccc(F)cc1. The number of nitrogens with one attached hydrogen (secondary N) is 1. The van der Waals surface area contributed by atoms with Crippen molar-refractivity contribution in [1.29, 1.82) is 0 Å². The molecule has 0 spiro atoms. The number of amides is 1. The van der Waals surface area contributed by atoms with Crippen molar-refractivity contribution in [3.63, 3.8) is 0 Å². The summed E-state index contributed by atoms with van der Waals surface area (Å²) in [6, 6.07) is 6.14. The third kappa shape index (κ3) is 3.53. The van der Waals surface area contributed by atoms with Gasteiger partial charge < -0.3 is 10.2 Å². The van der Waals surface area contributed by atoms with E-state index in [9.17, 15) is 9.18 Å². The van der Waals surface area contributed by atoms with Crippen molar-refractivity contribution < 1.29 is 9.18 Å². The van der Waals surface area contributed by atoms with Gasteiger partial charge in [-0.1, -0.05) is 0 Å². The average molecular weight is 264 g/mol. The van der Waals surface area contributed by atoms with E-state index in [1.807, 2.05) is 11.9 Å². The topological polar surface area (TPSA) is 32.3 Å². The summed E-state index contributed by atoms with van der Waals surface area (Å²) >= 11 is 0. The van der Waals surface area contributed by atoms with Crippen LogP contribution in [0, 0.1) is 5.82 Å². The second kappa shape index (κ2) is 6.66. The number of halogens is 1. The third-order valence-corrected chi connectivity index (χ3v) is 3.71. The summed E-state index contributed by atoms with van der Waals surface area (Å²) in [5.41, 5.74) is 0.581. The van der Waals surface area contributed by atoms with Gasteiger partial charge in [0, 0.05) is 18.2 Å². The molecule has 1 saturated heterocycles. The van der Waals surface area contributed by atoms with Crippen LogP contribution in [0.4, 0.5) is 4.39 Å². The maximum Gasteiger partial charge on any atom is 0.254 e. The summed E-state index contributed by atoms with van der Waals surface area (Å²) in [5, 5.41) is 3.13. The Balaban J connectivity index is 2.08. The molecule has 0 aromatic heterocycles. The van der Waals surface area contributed by atoms with Gasteiger partial charge in [-0.2, -0.15) is 0 Å². The molecule has 1 aliphatic heterocycles. The molecule has 4 heteroatoms. The fourth-order valence-electron chi connectivity index (χ4n) is 2.64. The minimum absolute atomic E-state index is 0.0285. The van der Waals surface area contributed by atoms with Crippen molar-refractivity contribution >= 4 is 5.91 Å². The molecule has 1 amide bonds. The summed E-state index contributed by atoms with van der Waals surface area (Å²) in [4.78, 5) is 14.4. The monoisotopic (exact) mass is 264 g/mol. The van der Waals surface area contributed by atoms with Gasteiger partial charge in [-0.25, -0.2) is 4.39 Å². The lowest BCUT2D eigenvalue weighted by molar-refractivity contribution is 0.0602. The average Bonchev–Trinajstić information content (AvgIpc) is 2.45. The van der Waals surface area contributed by atoms with Gasteiger partial charge >= 0.3 is 0 Å². The molecule has 1 aliphatic rings. The highest BCUT2D eigenvalue weighted by Crippen LogP contribution is 2.21. The Hall–Kier alpha value is -1.42. The minimum Gasteiger partial charge on any atom is -0.336 e. The minimum atomic E-state index is -0.304. The van der Waals surface area contributed by atoms with Gasteiger partial charge in [0.1, 0.15) is 5.82 Å². The Morgan fingerprint density at radius 1 is 1.37 bits per heavy atom. The lowest BCUT2D eigenvalue weighted by Crippen LogP contribution is -2.44. The fraction of sp³-hybridized carbons (Fsp3) is 0.533. The maximum absolute atomic E-state index is 12.9. The van der Waals surface area contributed by atoms with E-state index in [0.717, 1.165) is 32.4 Å². The van der Waals surface area contributed by atoms with Crippen molar-refractivity contribution in [1.82, 2.24) is 10.2 Å². The van der Waals surface area contributed by atoms with Crippen molar-refractivity contribution in [2.75, 3.05) is 20.1 Å². The van der Waals surface area contributed by atoms with Crippen molar-refractivity contribution in [3.8, 4) is 0 Å². The summed E-state index contributed by atoms with van der Waals surface area (Å²) in [6.45, 7) is 1.72. The van der Waals surface area contributed by atoms with E-state index >= 15 is 0 Å². The summed E-state index contributed by atoms with van der Waals surface area (Å²) in [7, 11) is 1.93. The molecular formula is C15H21FN2O. The summed E-state index contributed by atoms with van der Waals surface area (Å²) in [6.07, 6.45) is 4.28. The number of rotatable bonds is 4. The Morgan fingerprint density at radius 2 is 2.11 bits per heavy atom. The lowest BCUT2D eigenvalue weighted by Gasteiger charge is -2.36. The molecule has 1 fully saturated rings. The molecule has 1 heterocycles. The quantitative estimate of drug-likeness (QED) is 0.906. The smallest absolute Gasteiger partial charge is 0.254 e. The van der Waals surface area contributed by atoms with Crippen molar-refractivity contribution in [3.05, 3.63) is 35.6 Å². The third-order valence-electron chi connectivity index (χ3n) is 3.71. The second-order valence-corrected chi connectivity index (χ2v) is 5.05. The van der Waals surface area contributed by atoms with E-state index < -0.39 is 0 Å². The molecule has 1 atom stereocenters. The molecule has 3 nitrogen and oxygen atoms in total. The molecule has 0 aliphatic carbocycles. The molecular weight excluding hydrogens is 243 g/mol. The first-order valence-electron chi connectivity index (χ1n) is 6.93. The highest BCUT2D eigenvalue weighted by Gasteiger charge is 2.26. The van der Waals surface area contributed by atoms with Crippen molar-refractivity contribution in [2.45, 2.75) is 31.7 Å². The number of likely N-dealkylation sites (tertiary alicyclic amines) is 1. The highest BCUT2D eigenvalue weighted by atomic mass is 19.1. The van der Waals surface area contributed by atoms with Gasteiger partial charge in [0.15, 0.2) is 0 Å². The number of nitrogens with zero attached hydrogens (tertiary/aromatic N) is 1. The molecule has 1 aromatic carbocycles. The van der Waals surface area contributed by atoms with Gasteiger partial charge in [-0.05, 0) is 63.5 Å². The standard InChI is InChI=1S/C15H21FN2O/c1-17-10-9-14-4-2-3-11-18(14)15(19)12-5-7-13(16)8-6-12/h5-8,14,17H,2-4,9-11H2,1H3. The summed E-state index contributed by atoms with van der Waals surface area (Å²) < 4.78 is 12.9. The number of hydrogen-bond acceptors (Lipinski definition) is 2. The Bertz CT molecular complexity index is 419. The molecule has 0 radical (unpaired) electrons. The predicted molar refractivity (Wildman–Crippen MR) is 73.6 cm³/mol. The molecule has 19 heavy (non-hydrogen) atoms. The normalized spacial score (nSPS) is 19.5. The zero-order valence-corrected chi connectivity index (χ0v) is 11.4. The Kier molecular flexibility index (Phi) is 4.91. The van der Waals surface area contributed by atoms with Gasteiger partial charge in [0.2, 0.25) is 0 Å². The highest BCUT2D eigenvalue weighted by molar-refractivity contribution is 5.94. The van der Waals surface area contributed by atoms with Crippen LogP contribution in [0.3, 0.4) is 0 Å². The van der Waals surface area contributed by atoms with Crippen LogP contribution in [0.1, 0.15) is 36.0 Å². The number of carbonyl (C=O) groups excluding carboxylic acids is 1. The van der Waals surface area contributed by atoms with E-state index in [-0.39, 0.29) is 11.7 Å². The molecule has 1 aromatic rings. The largest absolute Gasteiger partial charge is 0.336 e. The lowest BCUT2D eigenvalue weighted by atomic mass is 9.98. The Labute approximate surface area is 113 Å². The first-order valence-corrected chi connectivity index (χ1v) is 6.93. The first-order chi connectivity index (χ1) is 9.22. The molecule has 2 rings (SSSR count). The van der Waals surface area contributed by atoms with E-state index in [1.165, 1.54) is 18.6 Å². The molecule has 104 valence electrons. The van der Waals surface area contributed by atoms with Crippen LogP contribution < -0.4 is 5.32 Å². The molecule has 0 saturated carbocycles. The van der Waals surface area contributed by atoms with E-state index in [1.54, 1.807) is 12.1 Å². The second-order valence-electron chi connectivity index (χ2n) is 5.05. The summed E-state index contributed by atoms with van der Waals surface area (Å²) in [5.74, 6) is -0.275. The number of carbonyl (C=O) groups is 1. The van der Waals surface area contributed by atoms with Crippen LogP contribution in [0.15, 0.2) is 24.3 Å². The number of benzene rings is 1. The van der Waals surface area contributed by atoms with Crippen LogP contribution in [0.5, 0.6) is 0 Å². The molecule has 1 N–H and O–H groups in total. The molecule has 1 unspecified atom stereocenters. The van der Waals surface area contributed by atoms with E-state index in [0.29, 0.717) is 11.6 Å². The first kappa shape index (κ1) is 14.0. The number of hydrogen-bond donors (Lipinski definition) is 1. The van der Waals surface area contributed by atoms with Gasteiger partial charge in [0.05, 0.1) is 0 Å². The van der Waals surface area contributed by atoms with E-state index in [2.05, 4.69) is 5.32 Å². The van der Waals surface area contributed by atoms with Crippen LogP contribution >= 0.6 is 0 Å². The van der Waals surface area contributed by atoms with Gasteiger partial charge in [0.25, 0.3) is 5.91 Å². The molecule has 0 bridgehead atoms. The van der Waals surface area contributed by atoms with Crippen LogP contribution in [-0.4, -0.2) is 37.0 Å². The van der Waals surface area contributed by atoms with Crippen LogP contribution in [0.2, 0.25) is 0 Å². The zero-order chi connectivity index (χ0) is 13.7. The van der Waals surface area contributed by atoms with Gasteiger partial charge in [-0.15, -0.1) is 0 Å². The van der Waals surface area contributed by atoms with E-state index in [4.69, 9.17) is 0 Å². The predicted octanol–water partition coefficient (Wildman–Crippen LogP) is 2.43. The Morgan fingerprint density at radius 3 is 2.79 bits per heavy atom. The zero-order valence-electron chi connectivity index (χ0n) is 11.4. The fourth-order valence-corrected chi connectivity index (χ4v) is 2.64. The van der Waals surface area contributed by atoms with Crippen molar-refractivity contribution in [2.24, 2.45) is 0 Å². The van der Waals surface area contributed by atoms with Gasteiger partial charge in [-0.3, -0.25) is 4.79 Å². The maximum atomic E-state index is 12.9. The number of piperidine rings is 1. The van der Waals surface area contributed by atoms with Crippen LogP contribution in [-0.2, 0) is 0 Å². The van der Waals surface area contributed by atoms with Crippen LogP contribution in [0.25, 0.3) is 0 Å².